The van der Waals surface area contributed by atoms with Gasteiger partial charge in [-0.1, -0.05) is 11.6 Å². The quantitative estimate of drug-likeness (QED) is 0.727. The van der Waals surface area contributed by atoms with Crippen molar-refractivity contribution in [3.8, 4) is 5.88 Å². The highest BCUT2D eigenvalue weighted by Gasteiger charge is 2.30. The molecule has 3 aliphatic rings. The Hall–Kier alpha value is -2.26. The summed E-state index contributed by atoms with van der Waals surface area (Å²) >= 11 is 6.48. The molecule has 1 fully saturated rings. The van der Waals surface area contributed by atoms with Crippen molar-refractivity contribution in [2.24, 2.45) is 5.92 Å². The number of nitrogens with one attached hydrogen (secondary N) is 2. The van der Waals surface area contributed by atoms with Crippen molar-refractivity contribution in [1.82, 2.24) is 14.5 Å². The molecule has 2 aromatic rings. The van der Waals surface area contributed by atoms with Gasteiger partial charge in [-0.2, -0.15) is 5.10 Å². The number of rotatable bonds is 5. The Balaban J connectivity index is 1.40. The summed E-state index contributed by atoms with van der Waals surface area (Å²) in [5.41, 5.74) is 3.76. The van der Waals surface area contributed by atoms with Gasteiger partial charge in [-0.05, 0) is 67.2 Å². The second-order valence-corrected chi connectivity index (χ2v) is 10.2. The molecule has 2 aliphatic carbocycles. The van der Waals surface area contributed by atoms with Crippen LogP contribution in [0, 0.1) is 5.92 Å². The molecule has 0 unspecified atom stereocenters. The van der Waals surface area contributed by atoms with E-state index in [2.05, 4.69) is 15.1 Å². The average Bonchev–Trinajstić information content (AvgIpc) is 3.19. The van der Waals surface area contributed by atoms with Crippen LogP contribution in [0.25, 0.3) is 0 Å². The summed E-state index contributed by atoms with van der Waals surface area (Å²) in [5, 5.41) is 7.60. The van der Waals surface area contributed by atoms with Gasteiger partial charge in [0.15, 0.2) is 4.90 Å². The first-order valence-electron chi connectivity index (χ1n) is 10.3. The fourth-order valence-corrected chi connectivity index (χ4v) is 5.61. The number of hydrogen-bond acceptors (Lipinski definition) is 5. The molecular formula is C20H23ClN4O4S. The number of aryl methyl sites for hydroxylation is 1. The molecular weight excluding hydrogens is 428 g/mol. The Morgan fingerprint density at radius 3 is 2.87 bits per heavy atom. The molecule has 1 aliphatic heterocycles. The maximum atomic E-state index is 12.8. The van der Waals surface area contributed by atoms with E-state index in [-0.39, 0.29) is 10.8 Å². The van der Waals surface area contributed by atoms with Crippen molar-refractivity contribution in [1.29, 1.82) is 0 Å². The lowest BCUT2D eigenvalue weighted by Crippen LogP contribution is -2.35. The SMILES string of the molecule is O=C(Nc1c(CC2CC2)cc(Cl)c2c1CCC2)NS(=O)(=O)c1cnn2c1OCCC2. The first-order valence-corrected chi connectivity index (χ1v) is 12.1. The van der Waals surface area contributed by atoms with Crippen LogP contribution >= 0.6 is 11.6 Å². The van der Waals surface area contributed by atoms with Gasteiger partial charge in [0.25, 0.3) is 10.0 Å². The molecule has 30 heavy (non-hydrogen) atoms. The van der Waals surface area contributed by atoms with Crippen molar-refractivity contribution >= 4 is 33.3 Å². The maximum absolute atomic E-state index is 12.8. The Bertz CT molecular complexity index is 1120. The number of urea groups is 1. The molecule has 1 saturated carbocycles. The molecule has 1 aromatic heterocycles. The van der Waals surface area contributed by atoms with Gasteiger partial charge in [-0.15, -0.1) is 0 Å². The van der Waals surface area contributed by atoms with Gasteiger partial charge in [0, 0.05) is 23.7 Å². The van der Waals surface area contributed by atoms with Crippen LogP contribution in [0.2, 0.25) is 5.02 Å². The Morgan fingerprint density at radius 1 is 1.27 bits per heavy atom. The fraction of sp³-hybridized carbons (Fsp3) is 0.500. The van der Waals surface area contributed by atoms with E-state index in [1.54, 1.807) is 0 Å². The van der Waals surface area contributed by atoms with E-state index in [4.69, 9.17) is 16.3 Å². The monoisotopic (exact) mass is 450 g/mol. The molecule has 160 valence electrons. The maximum Gasteiger partial charge on any atom is 0.333 e. The predicted octanol–water partition coefficient (Wildman–Crippen LogP) is 3.27. The van der Waals surface area contributed by atoms with Crippen LogP contribution in [-0.2, 0) is 35.8 Å². The van der Waals surface area contributed by atoms with Gasteiger partial charge in [-0.3, -0.25) is 0 Å². The number of carbonyl (C=O) groups is 1. The van der Waals surface area contributed by atoms with Crippen LogP contribution in [0.3, 0.4) is 0 Å². The Labute approximate surface area is 180 Å². The zero-order chi connectivity index (χ0) is 20.9. The number of halogens is 1. The number of sulfonamides is 1. The summed E-state index contributed by atoms with van der Waals surface area (Å²) in [6.45, 7) is 1.00. The molecule has 0 bridgehead atoms. The van der Waals surface area contributed by atoms with E-state index in [9.17, 15) is 13.2 Å². The van der Waals surface area contributed by atoms with Gasteiger partial charge in [-0.25, -0.2) is 22.6 Å². The topological polar surface area (TPSA) is 102 Å². The van der Waals surface area contributed by atoms with Crippen molar-refractivity contribution in [2.75, 3.05) is 11.9 Å². The molecule has 2 heterocycles. The third-order valence-electron chi connectivity index (χ3n) is 5.90. The normalized spacial score (nSPS) is 17.8. The van der Waals surface area contributed by atoms with E-state index in [0.29, 0.717) is 24.8 Å². The van der Waals surface area contributed by atoms with Crippen LogP contribution in [0.15, 0.2) is 17.2 Å². The third-order valence-corrected chi connectivity index (χ3v) is 7.55. The smallest absolute Gasteiger partial charge is 0.333 e. The van der Waals surface area contributed by atoms with Crippen LogP contribution in [0.5, 0.6) is 5.88 Å². The Morgan fingerprint density at radius 2 is 2.07 bits per heavy atom. The molecule has 0 atom stereocenters. The number of benzene rings is 1. The highest BCUT2D eigenvalue weighted by atomic mass is 35.5. The van der Waals surface area contributed by atoms with E-state index in [1.807, 2.05) is 6.07 Å². The molecule has 0 saturated heterocycles. The number of fused-ring (bicyclic) bond motifs is 2. The van der Waals surface area contributed by atoms with Crippen LogP contribution in [0.4, 0.5) is 10.5 Å². The van der Waals surface area contributed by atoms with E-state index < -0.39 is 16.1 Å². The summed E-state index contributed by atoms with van der Waals surface area (Å²) < 4.78 is 34.7. The van der Waals surface area contributed by atoms with Gasteiger partial charge < -0.3 is 10.1 Å². The largest absolute Gasteiger partial charge is 0.477 e. The molecule has 2 N–H and O–H groups in total. The molecule has 2 amide bonds. The lowest BCUT2D eigenvalue weighted by Gasteiger charge is -2.18. The van der Waals surface area contributed by atoms with Gasteiger partial charge in [0.1, 0.15) is 0 Å². The molecule has 0 spiro atoms. The Kier molecular flexibility index (Phi) is 4.89. The van der Waals surface area contributed by atoms with Crippen LogP contribution < -0.4 is 14.8 Å². The summed E-state index contributed by atoms with van der Waals surface area (Å²) in [4.78, 5) is 12.6. The lowest BCUT2D eigenvalue weighted by molar-refractivity contribution is 0.224. The zero-order valence-corrected chi connectivity index (χ0v) is 18.0. The summed E-state index contributed by atoms with van der Waals surface area (Å²) in [6, 6.07) is 1.13. The lowest BCUT2D eigenvalue weighted by atomic mass is 9.99. The van der Waals surface area contributed by atoms with Crippen molar-refractivity contribution in [3.63, 3.8) is 0 Å². The van der Waals surface area contributed by atoms with E-state index in [0.717, 1.165) is 53.8 Å². The molecule has 1 aromatic carbocycles. The molecule has 0 radical (unpaired) electrons. The van der Waals surface area contributed by atoms with Crippen LogP contribution in [0.1, 0.15) is 42.4 Å². The average molecular weight is 451 g/mol. The fourth-order valence-electron chi connectivity index (χ4n) is 4.28. The number of carbonyl (C=O) groups excluding carboxylic acids is 1. The number of ether oxygens (including phenoxy) is 1. The number of aromatic nitrogens is 2. The van der Waals surface area contributed by atoms with E-state index in [1.165, 1.54) is 23.7 Å². The highest BCUT2D eigenvalue weighted by Crippen LogP contribution is 2.41. The van der Waals surface area contributed by atoms with Gasteiger partial charge >= 0.3 is 6.03 Å². The predicted molar refractivity (Wildman–Crippen MR) is 112 cm³/mol. The molecule has 5 rings (SSSR count). The number of anilines is 1. The third kappa shape index (κ3) is 3.65. The molecule has 10 heteroatoms. The molecule has 8 nitrogen and oxygen atoms in total. The van der Waals surface area contributed by atoms with E-state index >= 15 is 0 Å². The van der Waals surface area contributed by atoms with Gasteiger partial charge in [0.05, 0.1) is 12.8 Å². The summed E-state index contributed by atoms with van der Waals surface area (Å²) in [5.74, 6) is 0.771. The standard InChI is InChI=1S/C20H23ClN4O4S/c21-16-10-13(9-12-5-6-12)18(15-4-1-3-14(15)16)23-20(26)24-30(27,28)17-11-22-25-7-2-8-29-19(17)25/h10-12H,1-9H2,(H2,23,24,26). The minimum absolute atomic E-state index is 0.128. The van der Waals surface area contributed by atoms with Crippen molar-refractivity contribution in [2.45, 2.75) is 56.4 Å². The zero-order valence-electron chi connectivity index (χ0n) is 16.4. The number of nitrogens with zero attached hydrogens (tertiary/aromatic N) is 2. The highest BCUT2D eigenvalue weighted by molar-refractivity contribution is 7.90. The van der Waals surface area contributed by atoms with Crippen molar-refractivity contribution in [3.05, 3.63) is 34.0 Å². The second kappa shape index (κ2) is 7.46. The summed E-state index contributed by atoms with van der Waals surface area (Å²) in [7, 11) is -4.12. The van der Waals surface area contributed by atoms with Crippen LogP contribution in [-0.4, -0.2) is 30.8 Å². The summed E-state index contributed by atoms with van der Waals surface area (Å²) in [6.07, 6.45) is 7.80. The number of hydrogen-bond donors (Lipinski definition) is 2. The van der Waals surface area contributed by atoms with Gasteiger partial charge in [0.2, 0.25) is 5.88 Å². The first kappa shape index (κ1) is 19.7. The first-order chi connectivity index (χ1) is 14.4. The minimum atomic E-state index is -4.12. The van der Waals surface area contributed by atoms with Crippen molar-refractivity contribution < 1.29 is 17.9 Å². The number of amides is 2. The minimum Gasteiger partial charge on any atom is -0.477 e. The second-order valence-electron chi connectivity index (χ2n) is 8.15.